The number of anilines is 3. The number of aromatic nitrogens is 2. The standard InChI is InChI=1S/C16H16N4/c1-2-11-4-3-5-13(8-11)20-16-14-9-12(17)6-7-15(14)18-10-19-16/h3-10H,2,17H2,1H3,(H,18,19,20). The third-order valence-corrected chi connectivity index (χ3v) is 3.26. The molecule has 0 saturated heterocycles. The smallest absolute Gasteiger partial charge is 0.141 e. The molecule has 0 amide bonds. The molecule has 100 valence electrons. The minimum absolute atomic E-state index is 0.706. The molecule has 2 aromatic carbocycles. The van der Waals surface area contributed by atoms with Crippen LogP contribution in [0.1, 0.15) is 12.5 Å². The first-order valence-electron chi connectivity index (χ1n) is 6.62. The van der Waals surface area contributed by atoms with Crippen molar-refractivity contribution < 1.29 is 0 Å². The molecule has 0 saturated carbocycles. The molecule has 3 aromatic rings. The predicted molar refractivity (Wildman–Crippen MR) is 83.1 cm³/mol. The Labute approximate surface area is 117 Å². The third kappa shape index (κ3) is 2.40. The molecule has 20 heavy (non-hydrogen) atoms. The summed E-state index contributed by atoms with van der Waals surface area (Å²) in [4.78, 5) is 8.57. The lowest BCUT2D eigenvalue weighted by Crippen LogP contribution is -1.97. The van der Waals surface area contributed by atoms with Gasteiger partial charge in [-0.25, -0.2) is 9.97 Å². The van der Waals surface area contributed by atoms with Crippen LogP contribution in [0.5, 0.6) is 0 Å². The Balaban J connectivity index is 2.03. The van der Waals surface area contributed by atoms with Gasteiger partial charge < -0.3 is 11.1 Å². The molecule has 4 nitrogen and oxygen atoms in total. The van der Waals surface area contributed by atoms with Crippen molar-refractivity contribution in [1.29, 1.82) is 0 Å². The van der Waals surface area contributed by atoms with Gasteiger partial charge in [0.1, 0.15) is 12.1 Å². The fraction of sp³-hybridized carbons (Fsp3) is 0.125. The maximum absolute atomic E-state index is 5.85. The average Bonchev–Trinajstić information content (AvgIpc) is 2.48. The van der Waals surface area contributed by atoms with E-state index in [1.54, 1.807) is 6.33 Å². The van der Waals surface area contributed by atoms with Gasteiger partial charge in [-0.2, -0.15) is 0 Å². The summed E-state index contributed by atoms with van der Waals surface area (Å²) in [5.74, 6) is 0.774. The van der Waals surface area contributed by atoms with Gasteiger partial charge in [-0.3, -0.25) is 0 Å². The second-order valence-electron chi connectivity index (χ2n) is 4.68. The Kier molecular flexibility index (Phi) is 3.21. The summed E-state index contributed by atoms with van der Waals surface area (Å²) in [6, 6.07) is 13.9. The molecule has 0 atom stereocenters. The zero-order valence-corrected chi connectivity index (χ0v) is 11.3. The molecule has 3 N–H and O–H groups in total. The third-order valence-electron chi connectivity index (χ3n) is 3.26. The van der Waals surface area contributed by atoms with Gasteiger partial charge >= 0.3 is 0 Å². The minimum atomic E-state index is 0.706. The number of hydrogen-bond donors (Lipinski definition) is 2. The molecule has 0 aliphatic heterocycles. The van der Waals surface area contributed by atoms with Crippen molar-refractivity contribution >= 4 is 28.1 Å². The van der Waals surface area contributed by atoms with Crippen LogP contribution >= 0.6 is 0 Å². The van der Waals surface area contributed by atoms with E-state index in [9.17, 15) is 0 Å². The van der Waals surface area contributed by atoms with Gasteiger partial charge in [-0.1, -0.05) is 19.1 Å². The second-order valence-corrected chi connectivity index (χ2v) is 4.68. The molecular weight excluding hydrogens is 248 g/mol. The van der Waals surface area contributed by atoms with Crippen LogP contribution in [0.2, 0.25) is 0 Å². The van der Waals surface area contributed by atoms with E-state index in [0.29, 0.717) is 5.69 Å². The molecule has 0 bridgehead atoms. The number of hydrogen-bond acceptors (Lipinski definition) is 4. The Hall–Kier alpha value is -2.62. The molecule has 0 radical (unpaired) electrons. The van der Waals surface area contributed by atoms with Gasteiger partial charge in [-0.05, 0) is 42.3 Å². The van der Waals surface area contributed by atoms with Crippen molar-refractivity contribution in [2.75, 3.05) is 11.1 Å². The fourth-order valence-corrected chi connectivity index (χ4v) is 2.18. The Morgan fingerprint density at radius 3 is 2.85 bits per heavy atom. The molecule has 0 spiro atoms. The Bertz CT molecular complexity index is 752. The highest BCUT2D eigenvalue weighted by Crippen LogP contribution is 2.25. The number of rotatable bonds is 3. The van der Waals surface area contributed by atoms with Crippen molar-refractivity contribution in [2.24, 2.45) is 0 Å². The number of nitrogens with one attached hydrogen (secondary N) is 1. The quantitative estimate of drug-likeness (QED) is 0.710. The highest BCUT2D eigenvalue weighted by molar-refractivity contribution is 5.92. The van der Waals surface area contributed by atoms with Crippen molar-refractivity contribution in [2.45, 2.75) is 13.3 Å². The number of nitrogens with zero attached hydrogens (tertiary/aromatic N) is 2. The van der Waals surface area contributed by atoms with Crippen LogP contribution in [0.3, 0.4) is 0 Å². The minimum Gasteiger partial charge on any atom is -0.399 e. The van der Waals surface area contributed by atoms with Crippen LogP contribution in [-0.2, 0) is 6.42 Å². The summed E-state index contributed by atoms with van der Waals surface area (Å²) in [6.45, 7) is 2.14. The maximum Gasteiger partial charge on any atom is 0.141 e. The summed E-state index contributed by atoms with van der Waals surface area (Å²) in [6.07, 6.45) is 2.57. The Morgan fingerprint density at radius 2 is 2.00 bits per heavy atom. The highest BCUT2D eigenvalue weighted by atomic mass is 15.0. The largest absolute Gasteiger partial charge is 0.399 e. The normalized spacial score (nSPS) is 10.7. The highest BCUT2D eigenvalue weighted by Gasteiger charge is 2.04. The number of benzene rings is 2. The monoisotopic (exact) mass is 264 g/mol. The van der Waals surface area contributed by atoms with Crippen molar-refractivity contribution in [1.82, 2.24) is 9.97 Å². The van der Waals surface area contributed by atoms with E-state index in [0.717, 1.165) is 28.8 Å². The average molecular weight is 264 g/mol. The predicted octanol–water partition coefficient (Wildman–Crippen LogP) is 3.52. The van der Waals surface area contributed by atoms with E-state index in [-0.39, 0.29) is 0 Å². The van der Waals surface area contributed by atoms with Crippen molar-refractivity contribution in [3.05, 3.63) is 54.4 Å². The molecule has 0 fully saturated rings. The van der Waals surface area contributed by atoms with Crippen LogP contribution < -0.4 is 11.1 Å². The lowest BCUT2D eigenvalue weighted by atomic mass is 10.1. The topological polar surface area (TPSA) is 63.8 Å². The maximum atomic E-state index is 5.85. The van der Waals surface area contributed by atoms with Gasteiger partial charge in [0.25, 0.3) is 0 Å². The van der Waals surface area contributed by atoms with E-state index in [2.05, 4.69) is 34.3 Å². The van der Waals surface area contributed by atoms with Crippen LogP contribution in [0.15, 0.2) is 48.8 Å². The molecule has 0 aliphatic carbocycles. The van der Waals surface area contributed by atoms with E-state index in [1.807, 2.05) is 30.3 Å². The van der Waals surface area contributed by atoms with E-state index < -0.39 is 0 Å². The lowest BCUT2D eigenvalue weighted by Gasteiger charge is -2.09. The summed E-state index contributed by atoms with van der Waals surface area (Å²) in [5, 5.41) is 4.27. The SMILES string of the molecule is CCc1cccc(Nc2ncnc3ccc(N)cc23)c1. The summed E-state index contributed by atoms with van der Waals surface area (Å²) < 4.78 is 0. The Morgan fingerprint density at radius 1 is 1.10 bits per heavy atom. The first-order valence-corrected chi connectivity index (χ1v) is 6.62. The molecule has 0 unspecified atom stereocenters. The number of aryl methyl sites for hydroxylation is 1. The first kappa shape index (κ1) is 12.4. The zero-order valence-electron chi connectivity index (χ0n) is 11.3. The number of fused-ring (bicyclic) bond motifs is 1. The summed E-state index contributed by atoms with van der Waals surface area (Å²) in [5.41, 5.74) is 9.74. The van der Waals surface area contributed by atoms with Gasteiger partial charge in [0.05, 0.1) is 5.52 Å². The first-order chi connectivity index (χ1) is 9.76. The number of nitrogens with two attached hydrogens (primary N) is 1. The summed E-state index contributed by atoms with van der Waals surface area (Å²) >= 11 is 0. The van der Waals surface area contributed by atoms with E-state index in [1.165, 1.54) is 5.56 Å². The van der Waals surface area contributed by atoms with E-state index >= 15 is 0 Å². The molecule has 0 aliphatic rings. The summed E-state index contributed by atoms with van der Waals surface area (Å²) in [7, 11) is 0. The van der Waals surface area contributed by atoms with Crippen LogP contribution in [0.25, 0.3) is 10.9 Å². The zero-order chi connectivity index (χ0) is 13.9. The van der Waals surface area contributed by atoms with Gasteiger partial charge in [-0.15, -0.1) is 0 Å². The second kappa shape index (κ2) is 5.17. The molecule has 1 heterocycles. The van der Waals surface area contributed by atoms with Crippen LogP contribution in [0, 0.1) is 0 Å². The van der Waals surface area contributed by atoms with Crippen LogP contribution in [-0.4, -0.2) is 9.97 Å². The molecule has 4 heteroatoms. The lowest BCUT2D eigenvalue weighted by molar-refractivity contribution is 1.14. The molecule has 1 aromatic heterocycles. The van der Waals surface area contributed by atoms with Gasteiger partial charge in [0.15, 0.2) is 0 Å². The number of nitrogen functional groups attached to an aromatic ring is 1. The van der Waals surface area contributed by atoms with E-state index in [4.69, 9.17) is 5.73 Å². The van der Waals surface area contributed by atoms with Gasteiger partial charge in [0, 0.05) is 16.8 Å². The fourth-order valence-electron chi connectivity index (χ4n) is 2.18. The van der Waals surface area contributed by atoms with Crippen LogP contribution in [0.4, 0.5) is 17.2 Å². The van der Waals surface area contributed by atoms with Gasteiger partial charge in [0.2, 0.25) is 0 Å². The van der Waals surface area contributed by atoms with Crippen molar-refractivity contribution in [3.8, 4) is 0 Å². The molecule has 3 rings (SSSR count). The van der Waals surface area contributed by atoms with Crippen molar-refractivity contribution in [3.63, 3.8) is 0 Å². The molecular formula is C16H16N4.